The number of esters is 1. The Bertz CT molecular complexity index is 1170. The van der Waals surface area contributed by atoms with Gasteiger partial charge in [-0.3, -0.25) is 9.78 Å². The van der Waals surface area contributed by atoms with E-state index in [2.05, 4.69) is 53.4 Å². The third-order valence-electron chi connectivity index (χ3n) is 6.65. The molecule has 0 radical (unpaired) electrons. The standard InChI is InChI=1S/C27H32N4O3/c1-4-31(5-2)20-10-11-21-18(3)22(26(32)34-25(21)16-20)13-15-29-27(33)30-17-19-12-14-28-24-9-7-6-8-23(19)24/h6-12,14,16,18,22H,4-5,13,15,17H2,1-3H3,(H2,29,30,33). The average Bonchev–Trinajstić information content (AvgIpc) is 2.85. The van der Waals surface area contributed by atoms with Crippen molar-refractivity contribution >= 4 is 28.6 Å². The number of ether oxygens (including phenoxy) is 1. The van der Waals surface area contributed by atoms with E-state index >= 15 is 0 Å². The third kappa shape index (κ3) is 4.98. The van der Waals surface area contributed by atoms with E-state index in [1.54, 1.807) is 6.20 Å². The molecule has 2 N–H and O–H groups in total. The molecule has 1 aliphatic heterocycles. The van der Waals surface area contributed by atoms with Gasteiger partial charge in [-0.25, -0.2) is 4.79 Å². The van der Waals surface area contributed by atoms with E-state index in [4.69, 9.17) is 4.74 Å². The summed E-state index contributed by atoms with van der Waals surface area (Å²) in [6, 6.07) is 15.6. The predicted octanol–water partition coefficient (Wildman–Crippen LogP) is 4.61. The van der Waals surface area contributed by atoms with Gasteiger partial charge in [-0.15, -0.1) is 0 Å². The number of urea groups is 1. The molecular weight excluding hydrogens is 428 g/mol. The van der Waals surface area contributed by atoms with Crippen molar-refractivity contribution in [2.75, 3.05) is 24.5 Å². The molecule has 2 aromatic carbocycles. The van der Waals surface area contributed by atoms with Crippen LogP contribution in [0.5, 0.6) is 5.75 Å². The molecule has 2 heterocycles. The Labute approximate surface area is 200 Å². The number of aromatic nitrogens is 1. The highest BCUT2D eigenvalue weighted by Crippen LogP contribution is 2.40. The van der Waals surface area contributed by atoms with Crippen molar-refractivity contribution in [3.63, 3.8) is 0 Å². The quantitative estimate of drug-likeness (QED) is 0.379. The smallest absolute Gasteiger partial charge is 0.315 e. The SMILES string of the molecule is CCN(CC)c1ccc2c(c1)OC(=O)C(CCNC(=O)NCc1ccnc3ccccc13)C2C. The molecule has 4 rings (SSSR count). The molecule has 3 aromatic rings. The van der Waals surface area contributed by atoms with Gasteiger partial charge in [-0.2, -0.15) is 0 Å². The van der Waals surface area contributed by atoms with Crippen LogP contribution in [0.15, 0.2) is 54.7 Å². The van der Waals surface area contributed by atoms with Crippen LogP contribution in [0.3, 0.4) is 0 Å². The maximum absolute atomic E-state index is 12.7. The maximum Gasteiger partial charge on any atom is 0.315 e. The van der Waals surface area contributed by atoms with Gasteiger partial charge in [-0.1, -0.05) is 31.2 Å². The highest BCUT2D eigenvalue weighted by atomic mass is 16.5. The van der Waals surface area contributed by atoms with Crippen LogP contribution in [0.2, 0.25) is 0 Å². The van der Waals surface area contributed by atoms with Crippen molar-refractivity contribution in [3.05, 3.63) is 65.9 Å². The summed E-state index contributed by atoms with van der Waals surface area (Å²) in [5.74, 6) is 0.141. The first-order valence-electron chi connectivity index (χ1n) is 12.0. The van der Waals surface area contributed by atoms with Crippen LogP contribution < -0.4 is 20.3 Å². The first kappa shape index (κ1) is 23.5. The van der Waals surface area contributed by atoms with Gasteiger partial charge in [0.25, 0.3) is 0 Å². The van der Waals surface area contributed by atoms with Crippen molar-refractivity contribution < 1.29 is 14.3 Å². The first-order chi connectivity index (χ1) is 16.5. The zero-order valence-corrected chi connectivity index (χ0v) is 20.0. The Morgan fingerprint density at radius 1 is 1.09 bits per heavy atom. The molecule has 0 fully saturated rings. The number of para-hydroxylation sites is 1. The average molecular weight is 461 g/mol. The number of pyridine rings is 1. The van der Waals surface area contributed by atoms with Crippen molar-refractivity contribution in [2.45, 2.75) is 39.7 Å². The summed E-state index contributed by atoms with van der Waals surface area (Å²) >= 11 is 0. The number of anilines is 1. The maximum atomic E-state index is 12.7. The molecule has 1 aliphatic rings. The number of hydrogen-bond donors (Lipinski definition) is 2. The highest BCUT2D eigenvalue weighted by Gasteiger charge is 2.35. The lowest BCUT2D eigenvalue weighted by Gasteiger charge is -2.31. The molecule has 0 spiro atoms. The number of rotatable bonds is 8. The topological polar surface area (TPSA) is 83.6 Å². The molecule has 1 aromatic heterocycles. The van der Waals surface area contributed by atoms with Crippen molar-refractivity contribution in [1.82, 2.24) is 15.6 Å². The number of amides is 2. The van der Waals surface area contributed by atoms with Gasteiger partial charge in [0.05, 0.1) is 11.4 Å². The number of benzene rings is 2. The van der Waals surface area contributed by atoms with Crippen LogP contribution in [0.4, 0.5) is 10.5 Å². The van der Waals surface area contributed by atoms with E-state index < -0.39 is 0 Å². The van der Waals surface area contributed by atoms with E-state index in [-0.39, 0.29) is 23.8 Å². The summed E-state index contributed by atoms with van der Waals surface area (Å²) in [5.41, 5.74) is 4.00. The minimum Gasteiger partial charge on any atom is -0.426 e. The minimum atomic E-state index is -0.295. The Morgan fingerprint density at radius 2 is 1.88 bits per heavy atom. The van der Waals surface area contributed by atoms with E-state index in [9.17, 15) is 9.59 Å². The second-order valence-electron chi connectivity index (χ2n) is 8.60. The zero-order valence-electron chi connectivity index (χ0n) is 20.0. The lowest BCUT2D eigenvalue weighted by Crippen LogP contribution is -2.38. The Hall–Kier alpha value is -3.61. The molecule has 2 amide bonds. The molecule has 178 valence electrons. The van der Waals surface area contributed by atoms with Crippen LogP contribution in [0.25, 0.3) is 10.9 Å². The summed E-state index contributed by atoms with van der Waals surface area (Å²) in [6.07, 6.45) is 2.26. The molecule has 2 unspecified atom stereocenters. The highest BCUT2D eigenvalue weighted by molar-refractivity contribution is 5.83. The summed E-state index contributed by atoms with van der Waals surface area (Å²) in [7, 11) is 0. The number of nitrogens with one attached hydrogen (secondary N) is 2. The number of fused-ring (bicyclic) bond motifs is 2. The second kappa shape index (κ2) is 10.5. The molecule has 7 heteroatoms. The van der Waals surface area contributed by atoms with Gasteiger partial charge in [0.1, 0.15) is 5.75 Å². The summed E-state index contributed by atoms with van der Waals surface area (Å²) in [5, 5.41) is 6.79. The number of carbonyl (C=O) groups is 2. The molecular formula is C27H32N4O3. The molecule has 7 nitrogen and oxygen atoms in total. The zero-order chi connectivity index (χ0) is 24.1. The molecule has 0 aliphatic carbocycles. The van der Waals surface area contributed by atoms with Crippen molar-refractivity contribution in [2.24, 2.45) is 5.92 Å². The number of hydrogen-bond acceptors (Lipinski definition) is 5. The van der Waals surface area contributed by atoms with E-state index in [1.807, 2.05) is 36.4 Å². The number of nitrogens with zero attached hydrogens (tertiary/aromatic N) is 2. The first-order valence-corrected chi connectivity index (χ1v) is 12.0. The summed E-state index contributed by atoms with van der Waals surface area (Å²) < 4.78 is 5.70. The van der Waals surface area contributed by atoms with Crippen molar-refractivity contribution in [1.29, 1.82) is 0 Å². The molecule has 0 saturated heterocycles. The molecule has 2 atom stereocenters. The fourth-order valence-corrected chi connectivity index (χ4v) is 4.63. The molecule has 0 saturated carbocycles. The fraction of sp³-hybridized carbons (Fsp3) is 0.370. The van der Waals surface area contributed by atoms with Crippen LogP contribution in [-0.2, 0) is 11.3 Å². The monoisotopic (exact) mass is 460 g/mol. The summed E-state index contributed by atoms with van der Waals surface area (Å²) in [4.78, 5) is 31.7. The largest absolute Gasteiger partial charge is 0.426 e. The van der Waals surface area contributed by atoms with Crippen LogP contribution in [0, 0.1) is 5.92 Å². The lowest BCUT2D eigenvalue weighted by molar-refractivity contribution is -0.141. The Kier molecular flexibility index (Phi) is 7.30. The van der Waals surface area contributed by atoms with Gasteiger partial charge in [-0.05, 0) is 55.5 Å². The summed E-state index contributed by atoms with van der Waals surface area (Å²) in [6.45, 7) is 8.85. The second-order valence-corrected chi connectivity index (χ2v) is 8.60. The van der Waals surface area contributed by atoms with Crippen LogP contribution in [0.1, 0.15) is 44.2 Å². The van der Waals surface area contributed by atoms with E-state index in [0.29, 0.717) is 25.3 Å². The van der Waals surface area contributed by atoms with Crippen molar-refractivity contribution in [3.8, 4) is 5.75 Å². The normalized spacial score (nSPS) is 17.1. The molecule has 0 bridgehead atoms. The lowest BCUT2D eigenvalue weighted by atomic mass is 9.83. The van der Waals surface area contributed by atoms with E-state index in [0.717, 1.165) is 40.8 Å². The van der Waals surface area contributed by atoms with Gasteiger partial charge in [0.2, 0.25) is 0 Å². The van der Waals surface area contributed by atoms with Gasteiger partial charge in [0.15, 0.2) is 0 Å². The van der Waals surface area contributed by atoms with Gasteiger partial charge >= 0.3 is 12.0 Å². The Morgan fingerprint density at radius 3 is 2.68 bits per heavy atom. The fourth-order valence-electron chi connectivity index (χ4n) is 4.63. The van der Waals surface area contributed by atoms with Gasteiger partial charge < -0.3 is 20.3 Å². The van der Waals surface area contributed by atoms with E-state index in [1.165, 1.54) is 0 Å². The van der Waals surface area contributed by atoms with Crippen LogP contribution in [-0.4, -0.2) is 36.6 Å². The Balaban J connectivity index is 1.31. The molecule has 34 heavy (non-hydrogen) atoms. The number of carbonyl (C=O) groups excluding carboxylic acids is 2. The predicted molar refractivity (Wildman–Crippen MR) is 134 cm³/mol. The van der Waals surface area contributed by atoms with Gasteiger partial charge in [0, 0.05) is 49.5 Å². The third-order valence-corrected chi connectivity index (χ3v) is 6.65. The minimum absolute atomic E-state index is 0.0232. The van der Waals surface area contributed by atoms with Crippen LogP contribution >= 0.6 is 0 Å².